The Morgan fingerprint density at radius 3 is 2.43 bits per heavy atom. The molecule has 0 bridgehead atoms. The highest BCUT2D eigenvalue weighted by atomic mass is 14.9. The minimum absolute atomic E-state index is 0.562. The van der Waals surface area contributed by atoms with Crippen LogP contribution in [0.15, 0.2) is 0 Å². The SMILES string of the molecule is CCC(NC)C1CC(C)CC(C)(C)C1. The van der Waals surface area contributed by atoms with Crippen LogP contribution in [0.1, 0.15) is 53.4 Å². The molecule has 14 heavy (non-hydrogen) atoms. The van der Waals surface area contributed by atoms with Crippen LogP contribution in [0, 0.1) is 17.3 Å². The van der Waals surface area contributed by atoms with E-state index in [0.717, 1.165) is 17.9 Å². The summed E-state index contributed by atoms with van der Waals surface area (Å²) in [6.07, 6.45) is 5.49. The number of hydrogen-bond acceptors (Lipinski definition) is 1. The predicted molar refractivity (Wildman–Crippen MR) is 63.4 cm³/mol. The molecule has 3 atom stereocenters. The zero-order valence-corrected chi connectivity index (χ0v) is 10.6. The third-order valence-electron chi connectivity index (χ3n) is 3.80. The van der Waals surface area contributed by atoms with Gasteiger partial charge in [0.25, 0.3) is 0 Å². The lowest BCUT2D eigenvalue weighted by Crippen LogP contribution is -2.40. The van der Waals surface area contributed by atoms with Gasteiger partial charge in [-0.15, -0.1) is 0 Å². The Labute approximate surface area is 89.7 Å². The third kappa shape index (κ3) is 2.98. The van der Waals surface area contributed by atoms with Crippen molar-refractivity contribution in [3.8, 4) is 0 Å². The average molecular weight is 197 g/mol. The van der Waals surface area contributed by atoms with E-state index < -0.39 is 0 Å². The van der Waals surface area contributed by atoms with Crippen LogP contribution in [0.4, 0.5) is 0 Å². The molecule has 3 unspecified atom stereocenters. The second-order valence-electron chi connectivity index (χ2n) is 5.98. The molecule has 1 nitrogen and oxygen atoms in total. The van der Waals surface area contributed by atoms with Gasteiger partial charge in [-0.3, -0.25) is 0 Å². The van der Waals surface area contributed by atoms with Gasteiger partial charge in [0.2, 0.25) is 0 Å². The maximum atomic E-state index is 3.48. The molecule has 0 aromatic rings. The van der Waals surface area contributed by atoms with Gasteiger partial charge in [-0.05, 0) is 50.0 Å². The fourth-order valence-electron chi connectivity index (χ4n) is 3.50. The van der Waals surface area contributed by atoms with Crippen molar-refractivity contribution >= 4 is 0 Å². The first-order chi connectivity index (χ1) is 6.48. The van der Waals surface area contributed by atoms with Crippen molar-refractivity contribution < 1.29 is 0 Å². The number of nitrogens with one attached hydrogen (secondary N) is 1. The molecule has 0 spiro atoms. The van der Waals surface area contributed by atoms with E-state index in [4.69, 9.17) is 0 Å². The molecule has 1 heteroatoms. The highest BCUT2D eigenvalue weighted by Gasteiger charge is 2.34. The predicted octanol–water partition coefficient (Wildman–Crippen LogP) is 3.45. The van der Waals surface area contributed by atoms with E-state index in [-0.39, 0.29) is 0 Å². The highest BCUT2D eigenvalue weighted by Crippen LogP contribution is 2.43. The minimum atomic E-state index is 0.562. The van der Waals surface area contributed by atoms with Gasteiger partial charge in [0.05, 0.1) is 0 Å². The topological polar surface area (TPSA) is 12.0 Å². The van der Waals surface area contributed by atoms with E-state index in [9.17, 15) is 0 Å². The zero-order chi connectivity index (χ0) is 10.8. The average Bonchev–Trinajstić information content (AvgIpc) is 2.02. The summed E-state index contributed by atoms with van der Waals surface area (Å²) < 4.78 is 0. The van der Waals surface area contributed by atoms with Crippen molar-refractivity contribution in [3.05, 3.63) is 0 Å². The second-order valence-corrected chi connectivity index (χ2v) is 5.98. The van der Waals surface area contributed by atoms with Gasteiger partial charge in [0, 0.05) is 6.04 Å². The summed E-state index contributed by atoms with van der Waals surface area (Å²) in [5, 5.41) is 3.48. The molecule has 1 aliphatic carbocycles. The Kier molecular flexibility index (Phi) is 4.00. The summed E-state index contributed by atoms with van der Waals surface area (Å²) in [4.78, 5) is 0. The summed E-state index contributed by atoms with van der Waals surface area (Å²) in [6.45, 7) is 9.57. The summed E-state index contributed by atoms with van der Waals surface area (Å²) in [5.41, 5.74) is 0.562. The molecule has 1 N–H and O–H groups in total. The van der Waals surface area contributed by atoms with Gasteiger partial charge in [0.1, 0.15) is 0 Å². The quantitative estimate of drug-likeness (QED) is 0.731. The van der Waals surface area contributed by atoms with Crippen LogP contribution in [0.3, 0.4) is 0 Å². The molecule has 0 aromatic carbocycles. The maximum absolute atomic E-state index is 3.48. The first-order valence-electron chi connectivity index (χ1n) is 6.15. The minimum Gasteiger partial charge on any atom is -0.317 e. The van der Waals surface area contributed by atoms with E-state index in [2.05, 4.69) is 40.1 Å². The van der Waals surface area contributed by atoms with Gasteiger partial charge in [0.15, 0.2) is 0 Å². The van der Waals surface area contributed by atoms with Gasteiger partial charge in [-0.25, -0.2) is 0 Å². The lowest BCUT2D eigenvalue weighted by molar-refractivity contribution is 0.108. The largest absolute Gasteiger partial charge is 0.317 e. The van der Waals surface area contributed by atoms with Crippen LogP contribution >= 0.6 is 0 Å². The second kappa shape index (κ2) is 4.65. The standard InChI is InChI=1S/C13H27N/c1-6-12(14-5)11-7-10(2)8-13(3,4)9-11/h10-12,14H,6-9H2,1-5H3. The lowest BCUT2D eigenvalue weighted by Gasteiger charge is -2.42. The Bertz CT molecular complexity index is 170. The van der Waals surface area contributed by atoms with E-state index in [1.165, 1.54) is 25.7 Å². The van der Waals surface area contributed by atoms with Crippen molar-refractivity contribution in [2.24, 2.45) is 17.3 Å². The van der Waals surface area contributed by atoms with Crippen LogP contribution in [0.2, 0.25) is 0 Å². The molecule has 0 heterocycles. The number of rotatable bonds is 3. The Hall–Kier alpha value is -0.0400. The van der Waals surface area contributed by atoms with Gasteiger partial charge >= 0.3 is 0 Å². The fourth-order valence-corrected chi connectivity index (χ4v) is 3.50. The molecule has 0 saturated heterocycles. The van der Waals surface area contributed by atoms with E-state index in [0.29, 0.717) is 5.41 Å². The summed E-state index contributed by atoms with van der Waals surface area (Å²) in [6, 6.07) is 0.733. The van der Waals surface area contributed by atoms with Gasteiger partial charge in [-0.2, -0.15) is 0 Å². The lowest BCUT2D eigenvalue weighted by atomic mass is 9.66. The Balaban J connectivity index is 2.61. The van der Waals surface area contributed by atoms with Crippen molar-refractivity contribution in [2.45, 2.75) is 59.4 Å². The first kappa shape index (κ1) is 12.0. The van der Waals surface area contributed by atoms with Crippen molar-refractivity contribution in [3.63, 3.8) is 0 Å². The Morgan fingerprint density at radius 1 is 1.36 bits per heavy atom. The van der Waals surface area contributed by atoms with Crippen LogP contribution < -0.4 is 5.32 Å². The molecular weight excluding hydrogens is 170 g/mol. The van der Waals surface area contributed by atoms with E-state index >= 15 is 0 Å². The molecule has 1 saturated carbocycles. The van der Waals surface area contributed by atoms with E-state index in [1.54, 1.807) is 0 Å². The summed E-state index contributed by atoms with van der Waals surface area (Å²) in [7, 11) is 2.11. The van der Waals surface area contributed by atoms with Gasteiger partial charge in [-0.1, -0.05) is 27.7 Å². The smallest absolute Gasteiger partial charge is 0.00900 e. The van der Waals surface area contributed by atoms with E-state index in [1.807, 2.05) is 0 Å². The third-order valence-corrected chi connectivity index (χ3v) is 3.80. The summed E-state index contributed by atoms with van der Waals surface area (Å²) in [5.74, 6) is 1.80. The van der Waals surface area contributed by atoms with Crippen LogP contribution in [-0.4, -0.2) is 13.1 Å². The first-order valence-corrected chi connectivity index (χ1v) is 6.15. The van der Waals surface area contributed by atoms with Gasteiger partial charge < -0.3 is 5.32 Å². The van der Waals surface area contributed by atoms with Crippen LogP contribution in [0.25, 0.3) is 0 Å². The molecule has 1 rings (SSSR count). The molecule has 1 fully saturated rings. The maximum Gasteiger partial charge on any atom is 0.00900 e. The molecule has 0 aliphatic heterocycles. The molecule has 84 valence electrons. The molecule has 0 amide bonds. The normalized spacial score (nSPS) is 34.1. The van der Waals surface area contributed by atoms with Crippen molar-refractivity contribution in [2.75, 3.05) is 7.05 Å². The Morgan fingerprint density at radius 2 is 2.00 bits per heavy atom. The van der Waals surface area contributed by atoms with Crippen molar-refractivity contribution in [1.29, 1.82) is 0 Å². The molecule has 1 aliphatic rings. The zero-order valence-electron chi connectivity index (χ0n) is 10.6. The fraction of sp³-hybridized carbons (Fsp3) is 1.00. The molecular formula is C13H27N. The van der Waals surface area contributed by atoms with Crippen LogP contribution in [-0.2, 0) is 0 Å². The summed E-state index contributed by atoms with van der Waals surface area (Å²) >= 11 is 0. The molecule has 0 aromatic heterocycles. The monoisotopic (exact) mass is 197 g/mol. The van der Waals surface area contributed by atoms with Crippen molar-refractivity contribution in [1.82, 2.24) is 5.32 Å². The molecule has 0 radical (unpaired) electrons. The highest BCUT2D eigenvalue weighted by molar-refractivity contribution is 4.87. The van der Waals surface area contributed by atoms with Crippen LogP contribution in [0.5, 0.6) is 0 Å². The number of hydrogen-bond donors (Lipinski definition) is 1.